The highest BCUT2D eigenvalue weighted by atomic mass is 16.5. The monoisotopic (exact) mass is 355 g/mol. The number of benzene rings is 2. The number of hydrogen-bond acceptors (Lipinski definition) is 2. The average molecular weight is 355 g/mol. The van der Waals surface area contributed by atoms with Gasteiger partial charge < -0.3 is 19.9 Å². The first-order chi connectivity index (χ1) is 12.6. The van der Waals surface area contributed by atoms with E-state index in [1.165, 1.54) is 30.8 Å². The molecule has 0 aliphatic carbocycles. The van der Waals surface area contributed by atoms with Crippen LogP contribution in [0.3, 0.4) is 0 Å². The molecular weight excluding hydrogens is 326 g/mol. The molecule has 138 valence electrons. The summed E-state index contributed by atoms with van der Waals surface area (Å²) < 4.78 is 5.83. The number of anilines is 1. The van der Waals surface area contributed by atoms with E-state index in [1.807, 2.05) is 54.6 Å². The van der Waals surface area contributed by atoms with Crippen molar-refractivity contribution in [1.82, 2.24) is 0 Å². The summed E-state index contributed by atoms with van der Waals surface area (Å²) in [5.41, 5.74) is 0.768. The highest BCUT2D eigenvalue weighted by Crippen LogP contribution is 2.23. The highest BCUT2D eigenvalue weighted by molar-refractivity contribution is 5.91. The van der Waals surface area contributed by atoms with Gasteiger partial charge in [0.25, 0.3) is 5.91 Å². The van der Waals surface area contributed by atoms with Gasteiger partial charge in [-0.3, -0.25) is 4.79 Å². The van der Waals surface area contributed by atoms with E-state index >= 15 is 0 Å². The van der Waals surface area contributed by atoms with E-state index in [0.717, 1.165) is 11.4 Å². The van der Waals surface area contributed by atoms with Gasteiger partial charge in [-0.2, -0.15) is 0 Å². The average Bonchev–Trinajstić information content (AvgIpc) is 2.63. The number of likely N-dealkylation sites (tertiary alicyclic amines) is 1. The fraction of sp³-hybridized carbons (Fsp3) is 0.381. The third-order valence-electron chi connectivity index (χ3n) is 5.07. The van der Waals surface area contributed by atoms with Crippen molar-refractivity contribution >= 4 is 11.6 Å². The molecule has 1 amide bonds. The van der Waals surface area contributed by atoms with Crippen molar-refractivity contribution in [3.63, 3.8) is 0 Å². The van der Waals surface area contributed by atoms with Crippen LogP contribution in [0.2, 0.25) is 0 Å². The maximum absolute atomic E-state index is 12.4. The van der Waals surface area contributed by atoms with E-state index in [1.54, 1.807) is 4.90 Å². The van der Waals surface area contributed by atoms with Gasteiger partial charge in [-0.25, -0.2) is 0 Å². The van der Waals surface area contributed by atoms with E-state index in [2.05, 4.69) is 19.4 Å². The number of likely N-dealkylation sites (N-methyl/N-ethyl adjacent to an activating group) is 1. The van der Waals surface area contributed by atoms with Gasteiger partial charge in [0.15, 0.2) is 6.54 Å². The largest absolute Gasteiger partial charge is 0.457 e. The maximum Gasteiger partial charge on any atom is 0.279 e. The van der Waals surface area contributed by atoms with Crippen molar-refractivity contribution in [3.05, 3.63) is 54.6 Å². The molecular formula is C21H29N3O2+2. The number of hydrogen-bond donors (Lipinski definition) is 3. The summed E-state index contributed by atoms with van der Waals surface area (Å²) >= 11 is 0. The molecule has 2 aromatic rings. The lowest BCUT2D eigenvalue weighted by atomic mass is 10.0. The number of ether oxygens (including phenoxy) is 1. The Morgan fingerprint density at radius 3 is 2.54 bits per heavy atom. The Bertz CT molecular complexity index is 712. The van der Waals surface area contributed by atoms with E-state index in [4.69, 9.17) is 4.74 Å². The molecule has 1 unspecified atom stereocenters. The number of nitrogens with one attached hydrogen (secondary N) is 3. The second-order valence-electron chi connectivity index (χ2n) is 7.25. The zero-order chi connectivity index (χ0) is 18.4. The molecule has 0 aromatic heterocycles. The number of rotatable bonds is 6. The van der Waals surface area contributed by atoms with Crippen molar-refractivity contribution < 1.29 is 19.3 Å². The lowest BCUT2D eigenvalue weighted by Crippen LogP contribution is -3.18. The van der Waals surface area contributed by atoms with Crippen LogP contribution in [0.1, 0.15) is 12.8 Å². The third kappa shape index (κ3) is 5.31. The Morgan fingerprint density at radius 1 is 1.12 bits per heavy atom. The van der Waals surface area contributed by atoms with Crippen molar-refractivity contribution in [2.45, 2.75) is 18.9 Å². The predicted octanol–water partition coefficient (Wildman–Crippen LogP) is 0.609. The van der Waals surface area contributed by atoms with Crippen LogP contribution in [0.15, 0.2) is 54.6 Å². The summed E-state index contributed by atoms with van der Waals surface area (Å²) in [6, 6.07) is 17.8. The fourth-order valence-corrected chi connectivity index (χ4v) is 3.47. The predicted molar refractivity (Wildman–Crippen MR) is 103 cm³/mol. The van der Waals surface area contributed by atoms with E-state index in [-0.39, 0.29) is 5.91 Å². The van der Waals surface area contributed by atoms with Crippen LogP contribution in [0.4, 0.5) is 5.69 Å². The molecule has 1 atom stereocenters. The molecule has 1 fully saturated rings. The number of para-hydroxylation sites is 1. The van der Waals surface area contributed by atoms with E-state index < -0.39 is 0 Å². The molecule has 0 saturated carbocycles. The smallest absolute Gasteiger partial charge is 0.279 e. The van der Waals surface area contributed by atoms with Crippen LogP contribution in [-0.4, -0.2) is 45.7 Å². The number of piperidine rings is 1. The molecule has 3 N–H and O–H groups in total. The molecule has 0 bridgehead atoms. The highest BCUT2D eigenvalue weighted by Gasteiger charge is 2.27. The van der Waals surface area contributed by atoms with Gasteiger partial charge in [-0.1, -0.05) is 24.3 Å². The quantitative estimate of drug-likeness (QED) is 0.711. The minimum Gasteiger partial charge on any atom is -0.457 e. The van der Waals surface area contributed by atoms with Gasteiger partial charge in [0.2, 0.25) is 0 Å². The second kappa shape index (κ2) is 8.83. The summed E-state index contributed by atoms with van der Waals surface area (Å²) in [6.45, 7) is 2.89. The van der Waals surface area contributed by atoms with Crippen molar-refractivity contribution in [2.24, 2.45) is 0 Å². The zero-order valence-corrected chi connectivity index (χ0v) is 15.6. The Balaban J connectivity index is 1.53. The molecule has 5 heteroatoms. The first-order valence-electron chi connectivity index (χ1n) is 9.36. The summed E-state index contributed by atoms with van der Waals surface area (Å²) in [6.07, 6.45) is 2.37. The number of quaternary nitrogens is 2. The van der Waals surface area contributed by atoms with Crippen LogP contribution in [0, 0.1) is 0 Å². The van der Waals surface area contributed by atoms with Crippen molar-refractivity contribution in [1.29, 1.82) is 0 Å². The standard InChI is InChI=1S/C21H27N3O2/c1-23-13-11-18(12-14-23)24(2)16-21(25)22-17-7-6-10-20(15-17)26-19-8-4-3-5-9-19/h3-10,15,18H,11-14,16H2,1-2H3,(H,22,25)/p+2. The molecule has 0 spiro atoms. The lowest BCUT2D eigenvalue weighted by Gasteiger charge is -2.30. The Kier molecular flexibility index (Phi) is 6.26. The molecule has 3 rings (SSSR count). The second-order valence-corrected chi connectivity index (χ2v) is 7.25. The van der Waals surface area contributed by atoms with Gasteiger partial charge in [-0.05, 0) is 24.3 Å². The molecule has 1 aliphatic rings. The molecule has 2 aromatic carbocycles. The number of amides is 1. The molecule has 1 saturated heterocycles. The summed E-state index contributed by atoms with van der Waals surface area (Å²) in [4.78, 5) is 15.3. The van der Waals surface area contributed by atoms with Crippen LogP contribution >= 0.6 is 0 Å². The fourth-order valence-electron chi connectivity index (χ4n) is 3.47. The van der Waals surface area contributed by atoms with E-state index in [0.29, 0.717) is 18.3 Å². The van der Waals surface area contributed by atoms with Gasteiger partial charge in [0, 0.05) is 24.6 Å². The Hall–Kier alpha value is -2.37. The summed E-state index contributed by atoms with van der Waals surface area (Å²) in [7, 11) is 4.36. The molecule has 0 radical (unpaired) electrons. The maximum atomic E-state index is 12.4. The van der Waals surface area contributed by atoms with Gasteiger partial charge in [0.05, 0.1) is 33.2 Å². The molecule has 1 heterocycles. The van der Waals surface area contributed by atoms with Crippen molar-refractivity contribution in [2.75, 3.05) is 39.0 Å². The van der Waals surface area contributed by atoms with Crippen LogP contribution in [0.5, 0.6) is 11.5 Å². The molecule has 5 nitrogen and oxygen atoms in total. The molecule has 1 aliphatic heterocycles. The third-order valence-corrected chi connectivity index (χ3v) is 5.07. The summed E-state index contributed by atoms with van der Waals surface area (Å²) in [5, 5.41) is 3.00. The van der Waals surface area contributed by atoms with Crippen molar-refractivity contribution in [3.8, 4) is 11.5 Å². The lowest BCUT2D eigenvalue weighted by molar-refractivity contribution is -0.935. The molecule has 26 heavy (non-hydrogen) atoms. The topological polar surface area (TPSA) is 47.2 Å². The normalized spacial score (nSPS) is 21.0. The van der Waals surface area contributed by atoms with Gasteiger partial charge in [0.1, 0.15) is 11.5 Å². The number of carbonyl (C=O) groups is 1. The summed E-state index contributed by atoms with van der Waals surface area (Å²) in [5.74, 6) is 1.54. The zero-order valence-electron chi connectivity index (χ0n) is 15.6. The van der Waals surface area contributed by atoms with Gasteiger partial charge in [-0.15, -0.1) is 0 Å². The minimum absolute atomic E-state index is 0.0469. The SMILES string of the molecule is C[NH+]1CCC([NH+](C)CC(=O)Nc2cccc(Oc3ccccc3)c2)CC1. The Morgan fingerprint density at radius 2 is 1.81 bits per heavy atom. The number of carbonyl (C=O) groups excluding carboxylic acids is 1. The minimum atomic E-state index is 0.0469. The van der Waals surface area contributed by atoms with Gasteiger partial charge >= 0.3 is 0 Å². The van der Waals surface area contributed by atoms with Crippen LogP contribution in [-0.2, 0) is 4.79 Å². The van der Waals surface area contributed by atoms with Crippen LogP contribution in [0.25, 0.3) is 0 Å². The first kappa shape index (κ1) is 18.4. The van der Waals surface area contributed by atoms with Crippen LogP contribution < -0.4 is 19.9 Å². The first-order valence-corrected chi connectivity index (χ1v) is 9.36. The van der Waals surface area contributed by atoms with E-state index in [9.17, 15) is 4.79 Å². The Labute approximate surface area is 155 Å².